The zero-order valence-electron chi connectivity index (χ0n) is 18.2. The number of nitrogens with zero attached hydrogens (tertiary/aromatic N) is 3. The molecule has 31 heavy (non-hydrogen) atoms. The highest BCUT2D eigenvalue weighted by atomic mass is 32.1. The third-order valence-electron chi connectivity index (χ3n) is 6.51. The molecule has 0 saturated carbocycles. The lowest BCUT2D eigenvalue weighted by molar-refractivity contribution is 0.0973. The van der Waals surface area contributed by atoms with Gasteiger partial charge in [-0.25, -0.2) is 0 Å². The van der Waals surface area contributed by atoms with Crippen molar-refractivity contribution in [3.8, 4) is 0 Å². The molecule has 5 rings (SSSR count). The van der Waals surface area contributed by atoms with Crippen molar-refractivity contribution in [2.45, 2.75) is 39.2 Å². The van der Waals surface area contributed by atoms with Crippen LogP contribution in [-0.4, -0.2) is 54.3 Å². The van der Waals surface area contributed by atoms with Gasteiger partial charge in [0.25, 0.3) is 0 Å². The Balaban J connectivity index is 1.13. The van der Waals surface area contributed by atoms with Crippen LogP contribution in [-0.2, 0) is 13.0 Å². The van der Waals surface area contributed by atoms with Crippen molar-refractivity contribution in [2.75, 3.05) is 44.2 Å². The number of hydrogen-bond donors (Lipinski definition) is 1. The fourth-order valence-electron chi connectivity index (χ4n) is 4.86. The molecule has 0 radical (unpaired) electrons. The number of benzene rings is 1. The molecule has 0 unspecified atom stereocenters. The van der Waals surface area contributed by atoms with Crippen molar-refractivity contribution >= 4 is 44.6 Å². The molecule has 7 heteroatoms. The molecule has 0 amide bonds. The van der Waals surface area contributed by atoms with Crippen LogP contribution in [0.4, 0.5) is 5.82 Å². The summed E-state index contributed by atoms with van der Waals surface area (Å²) in [5.41, 5.74) is 2.31. The second-order valence-electron chi connectivity index (χ2n) is 8.57. The van der Waals surface area contributed by atoms with Crippen LogP contribution in [0.15, 0.2) is 24.3 Å². The molecule has 3 aromatic rings. The number of aromatic nitrogens is 1. The number of aryl methyl sites for hydroxylation is 2. The number of nitrogens with one attached hydrogen (secondary N) is 1. The standard InChI is InChI=1S/C24H30N4OS2/c1-17-23(19-16-25-10-4-9-21(19)30-17)20(29)7-5-11-27-12-14-28(15-13-27)24-18-6-2-3-8-22(18)31-26-24/h2-3,6,8,25H,4-5,7,9-16H2,1H3. The maximum absolute atomic E-state index is 13.0. The van der Waals surface area contributed by atoms with E-state index < -0.39 is 0 Å². The van der Waals surface area contributed by atoms with Crippen LogP contribution >= 0.6 is 22.9 Å². The minimum absolute atomic E-state index is 0.339. The number of piperazine rings is 1. The first-order valence-electron chi connectivity index (χ1n) is 11.4. The summed E-state index contributed by atoms with van der Waals surface area (Å²) in [6.07, 6.45) is 3.87. The van der Waals surface area contributed by atoms with Gasteiger partial charge in [0.15, 0.2) is 5.78 Å². The first kappa shape index (κ1) is 21.1. The minimum atomic E-state index is 0.339. The lowest BCUT2D eigenvalue weighted by Gasteiger charge is -2.35. The Morgan fingerprint density at radius 3 is 2.90 bits per heavy atom. The number of ketones is 1. The quantitative estimate of drug-likeness (QED) is 0.556. The number of hydrogen-bond acceptors (Lipinski definition) is 7. The molecular formula is C24H30N4OS2. The molecule has 0 aliphatic carbocycles. The number of carbonyl (C=O) groups is 1. The summed E-state index contributed by atoms with van der Waals surface area (Å²) in [5, 5.41) is 4.75. The highest BCUT2D eigenvalue weighted by Gasteiger charge is 2.23. The Morgan fingerprint density at radius 1 is 1.19 bits per heavy atom. The van der Waals surface area contributed by atoms with Crippen LogP contribution in [0.1, 0.15) is 44.9 Å². The third kappa shape index (κ3) is 4.42. The summed E-state index contributed by atoms with van der Waals surface area (Å²) in [5.74, 6) is 1.48. The van der Waals surface area contributed by atoms with Gasteiger partial charge in [0, 0.05) is 59.8 Å². The van der Waals surface area contributed by atoms with Crippen LogP contribution < -0.4 is 10.2 Å². The molecule has 2 aliphatic rings. The van der Waals surface area contributed by atoms with Gasteiger partial charge in [-0.1, -0.05) is 12.1 Å². The van der Waals surface area contributed by atoms with E-state index in [1.807, 2.05) is 11.3 Å². The lowest BCUT2D eigenvalue weighted by atomic mass is 10.0. The number of carbonyl (C=O) groups excluding carboxylic acids is 1. The number of fused-ring (bicyclic) bond motifs is 2. The zero-order valence-corrected chi connectivity index (χ0v) is 19.8. The van der Waals surface area contributed by atoms with Crippen molar-refractivity contribution < 1.29 is 4.79 Å². The van der Waals surface area contributed by atoms with Crippen molar-refractivity contribution in [3.63, 3.8) is 0 Å². The second-order valence-corrected chi connectivity index (χ2v) is 10.7. The van der Waals surface area contributed by atoms with Crippen molar-refractivity contribution in [3.05, 3.63) is 45.1 Å². The molecule has 1 aromatic carbocycles. The monoisotopic (exact) mass is 454 g/mol. The molecule has 1 saturated heterocycles. The SMILES string of the molecule is Cc1sc2c(c1C(=O)CCCN1CCN(c3nsc4ccccc34)CC1)CNCCC2. The van der Waals surface area contributed by atoms with Crippen LogP contribution in [0.2, 0.25) is 0 Å². The Hall–Kier alpha value is -1.80. The van der Waals surface area contributed by atoms with E-state index in [4.69, 9.17) is 4.37 Å². The highest BCUT2D eigenvalue weighted by molar-refractivity contribution is 7.13. The topological polar surface area (TPSA) is 48.5 Å². The normalized spacial score (nSPS) is 17.6. The van der Waals surface area contributed by atoms with Gasteiger partial charge in [0.1, 0.15) is 5.82 Å². The third-order valence-corrected chi connectivity index (χ3v) is 8.54. The maximum atomic E-state index is 13.0. The molecule has 1 fully saturated rings. The lowest BCUT2D eigenvalue weighted by Crippen LogP contribution is -2.46. The minimum Gasteiger partial charge on any atom is -0.353 e. The summed E-state index contributed by atoms with van der Waals surface area (Å²) in [4.78, 5) is 20.6. The highest BCUT2D eigenvalue weighted by Crippen LogP contribution is 2.32. The largest absolute Gasteiger partial charge is 0.353 e. The summed E-state index contributed by atoms with van der Waals surface area (Å²) in [6.45, 7) is 9.11. The number of Topliss-reactive ketones (excluding diaryl/α,β-unsaturated/α-hetero) is 1. The van der Waals surface area contributed by atoms with Gasteiger partial charge >= 0.3 is 0 Å². The summed E-state index contributed by atoms with van der Waals surface area (Å²) in [6, 6.07) is 8.50. The summed E-state index contributed by atoms with van der Waals surface area (Å²) >= 11 is 3.43. The van der Waals surface area contributed by atoms with Gasteiger partial charge in [-0.2, -0.15) is 4.37 Å². The van der Waals surface area contributed by atoms with Crippen LogP contribution in [0.25, 0.3) is 10.1 Å². The Morgan fingerprint density at radius 2 is 2.03 bits per heavy atom. The van der Waals surface area contributed by atoms with E-state index in [-0.39, 0.29) is 0 Å². The van der Waals surface area contributed by atoms with Crippen molar-refractivity contribution in [2.24, 2.45) is 0 Å². The average molecular weight is 455 g/mol. The van der Waals surface area contributed by atoms with Crippen molar-refractivity contribution in [1.29, 1.82) is 0 Å². The molecular weight excluding hydrogens is 424 g/mol. The van der Waals surface area contributed by atoms with Gasteiger partial charge < -0.3 is 10.2 Å². The molecule has 0 spiro atoms. The van der Waals surface area contributed by atoms with Crippen LogP contribution in [0.3, 0.4) is 0 Å². The van der Waals surface area contributed by atoms with Gasteiger partial charge in [0.2, 0.25) is 0 Å². The van der Waals surface area contributed by atoms with E-state index in [2.05, 4.69) is 46.3 Å². The fourth-order valence-corrected chi connectivity index (χ4v) is 6.91. The molecule has 2 aliphatic heterocycles. The van der Waals surface area contributed by atoms with E-state index in [1.165, 1.54) is 31.8 Å². The smallest absolute Gasteiger partial charge is 0.164 e. The maximum Gasteiger partial charge on any atom is 0.164 e. The predicted molar refractivity (Wildman–Crippen MR) is 131 cm³/mol. The van der Waals surface area contributed by atoms with E-state index in [0.29, 0.717) is 12.2 Å². The Labute approximate surface area is 192 Å². The molecule has 1 N–H and O–H groups in total. The van der Waals surface area contributed by atoms with Gasteiger partial charge in [-0.3, -0.25) is 9.69 Å². The van der Waals surface area contributed by atoms with Gasteiger partial charge in [-0.05, 0) is 68.5 Å². The molecule has 164 valence electrons. The molecule has 0 bridgehead atoms. The zero-order chi connectivity index (χ0) is 21.2. The molecule has 4 heterocycles. The van der Waals surface area contributed by atoms with Gasteiger partial charge in [0.05, 0.1) is 4.70 Å². The second kappa shape index (κ2) is 9.36. The summed E-state index contributed by atoms with van der Waals surface area (Å²) in [7, 11) is 0. The Kier molecular flexibility index (Phi) is 6.36. The van der Waals surface area contributed by atoms with E-state index in [0.717, 1.165) is 70.0 Å². The molecule has 0 atom stereocenters. The predicted octanol–water partition coefficient (Wildman–Crippen LogP) is 4.49. The first-order valence-corrected chi connectivity index (χ1v) is 13.0. The van der Waals surface area contributed by atoms with Crippen LogP contribution in [0.5, 0.6) is 0 Å². The first-order chi connectivity index (χ1) is 15.2. The fraction of sp³-hybridized carbons (Fsp3) is 0.500. The van der Waals surface area contributed by atoms with Gasteiger partial charge in [-0.15, -0.1) is 11.3 Å². The molecule has 2 aromatic heterocycles. The van der Waals surface area contributed by atoms with Crippen molar-refractivity contribution in [1.82, 2.24) is 14.6 Å². The molecule has 5 nitrogen and oxygen atoms in total. The Bertz CT molecular complexity index is 1060. The van der Waals surface area contributed by atoms with E-state index in [9.17, 15) is 4.79 Å². The number of thiophene rings is 1. The summed E-state index contributed by atoms with van der Waals surface area (Å²) < 4.78 is 5.97. The number of rotatable bonds is 6. The van der Waals surface area contributed by atoms with E-state index in [1.54, 1.807) is 11.5 Å². The van der Waals surface area contributed by atoms with E-state index >= 15 is 0 Å². The average Bonchev–Trinajstić information content (AvgIpc) is 3.27. The van der Waals surface area contributed by atoms with Crippen LogP contribution in [0, 0.1) is 6.92 Å². The number of anilines is 1.